The first kappa shape index (κ1) is 22.4. The van der Waals surface area contributed by atoms with Crippen LogP contribution in [0.5, 0.6) is 0 Å². The summed E-state index contributed by atoms with van der Waals surface area (Å²) in [5, 5.41) is 0. The fourth-order valence-electron chi connectivity index (χ4n) is 7.62. The van der Waals surface area contributed by atoms with Gasteiger partial charge in [0.15, 0.2) is 5.78 Å². The molecule has 0 spiro atoms. The molecule has 1 aromatic rings. The van der Waals surface area contributed by atoms with Crippen LogP contribution in [-0.2, 0) is 19.1 Å². The summed E-state index contributed by atoms with van der Waals surface area (Å²) in [6.07, 6.45) is 7.75. The molecule has 5 heteroatoms. The van der Waals surface area contributed by atoms with E-state index in [-0.39, 0.29) is 52.6 Å². The second-order valence-corrected chi connectivity index (χ2v) is 11.1. The van der Waals surface area contributed by atoms with Gasteiger partial charge in [0.05, 0.1) is 5.56 Å². The van der Waals surface area contributed by atoms with Crippen LogP contribution >= 0.6 is 0 Å². The number of ketones is 1. The molecule has 0 radical (unpaired) electrons. The number of fused-ring (bicyclic) bond motifs is 5. The van der Waals surface area contributed by atoms with Crippen LogP contribution in [0.25, 0.3) is 0 Å². The van der Waals surface area contributed by atoms with Gasteiger partial charge in [-0.15, -0.1) is 0 Å². The van der Waals surface area contributed by atoms with Crippen molar-refractivity contribution in [2.75, 3.05) is 0 Å². The molecule has 3 saturated carbocycles. The van der Waals surface area contributed by atoms with Crippen molar-refractivity contribution >= 4 is 17.7 Å². The van der Waals surface area contributed by atoms with Crippen molar-refractivity contribution in [2.45, 2.75) is 77.9 Å². The maximum absolute atomic E-state index is 13.5. The van der Waals surface area contributed by atoms with Crippen LogP contribution < -0.4 is 0 Å². The number of carbonyl (C=O) groups is 3. The van der Waals surface area contributed by atoms with Gasteiger partial charge in [-0.2, -0.15) is 0 Å². The molecule has 4 aliphatic carbocycles. The van der Waals surface area contributed by atoms with Crippen molar-refractivity contribution in [3.63, 3.8) is 0 Å². The SMILES string of the molecule is CC(=O)OC1CC[C@@]2(C)C(=CC(=O)C3C2CC[C@@]2(C)C3CC[C@@H]2OC(=O)c2ccccc2)C1. The van der Waals surface area contributed by atoms with E-state index in [0.29, 0.717) is 17.9 Å². The maximum atomic E-state index is 13.5. The van der Waals surface area contributed by atoms with E-state index in [9.17, 15) is 14.4 Å². The third kappa shape index (κ3) is 3.64. The first-order valence-electron chi connectivity index (χ1n) is 12.4. The zero-order chi connectivity index (χ0) is 23.4. The molecule has 0 amide bonds. The highest BCUT2D eigenvalue weighted by Crippen LogP contribution is 2.64. The van der Waals surface area contributed by atoms with E-state index in [1.165, 1.54) is 12.5 Å². The summed E-state index contributed by atoms with van der Waals surface area (Å²) in [6, 6.07) is 9.17. The average molecular weight is 451 g/mol. The molecule has 1 aromatic carbocycles. The summed E-state index contributed by atoms with van der Waals surface area (Å²) in [5.74, 6) is 0.241. The van der Waals surface area contributed by atoms with Gasteiger partial charge in [-0.25, -0.2) is 4.79 Å². The second-order valence-electron chi connectivity index (χ2n) is 11.1. The van der Waals surface area contributed by atoms with Crippen LogP contribution in [0.3, 0.4) is 0 Å². The minimum Gasteiger partial charge on any atom is -0.462 e. The van der Waals surface area contributed by atoms with Crippen molar-refractivity contribution in [1.29, 1.82) is 0 Å². The number of carbonyl (C=O) groups excluding carboxylic acids is 3. The first-order chi connectivity index (χ1) is 15.7. The smallest absolute Gasteiger partial charge is 0.338 e. The highest BCUT2D eigenvalue weighted by molar-refractivity contribution is 5.94. The molecular formula is C28H34O5. The lowest BCUT2D eigenvalue weighted by atomic mass is 9.47. The zero-order valence-corrected chi connectivity index (χ0v) is 19.8. The molecular weight excluding hydrogens is 416 g/mol. The van der Waals surface area contributed by atoms with Crippen LogP contribution in [0, 0.1) is 28.6 Å². The summed E-state index contributed by atoms with van der Waals surface area (Å²) in [5.41, 5.74) is 1.56. The lowest BCUT2D eigenvalue weighted by Gasteiger charge is -2.56. The van der Waals surface area contributed by atoms with Crippen LogP contribution in [0.1, 0.15) is 76.1 Å². The average Bonchev–Trinajstić information content (AvgIpc) is 3.11. The molecule has 5 nitrogen and oxygen atoms in total. The zero-order valence-electron chi connectivity index (χ0n) is 19.8. The van der Waals surface area contributed by atoms with Crippen LogP contribution in [0.4, 0.5) is 0 Å². The summed E-state index contributed by atoms with van der Waals surface area (Å²) < 4.78 is 11.5. The highest BCUT2D eigenvalue weighted by atomic mass is 16.5. The summed E-state index contributed by atoms with van der Waals surface area (Å²) >= 11 is 0. The quantitative estimate of drug-likeness (QED) is 0.586. The first-order valence-corrected chi connectivity index (χ1v) is 12.4. The third-order valence-corrected chi connectivity index (χ3v) is 9.41. The van der Waals surface area contributed by atoms with Gasteiger partial charge in [-0.1, -0.05) is 37.6 Å². The monoisotopic (exact) mass is 450 g/mol. The minimum absolute atomic E-state index is 0.0109. The van der Waals surface area contributed by atoms with E-state index in [1.807, 2.05) is 24.3 Å². The van der Waals surface area contributed by atoms with E-state index < -0.39 is 0 Å². The Balaban J connectivity index is 1.37. The molecule has 0 saturated heterocycles. The number of hydrogen-bond donors (Lipinski definition) is 0. The van der Waals surface area contributed by atoms with Crippen molar-refractivity contribution in [3.8, 4) is 0 Å². The van der Waals surface area contributed by atoms with Gasteiger partial charge >= 0.3 is 11.9 Å². The summed E-state index contributed by atoms with van der Waals surface area (Å²) in [7, 11) is 0. The Morgan fingerprint density at radius 2 is 1.70 bits per heavy atom. The van der Waals surface area contributed by atoms with E-state index in [4.69, 9.17) is 9.47 Å². The Bertz CT molecular complexity index is 997. The van der Waals surface area contributed by atoms with Crippen LogP contribution in [0.2, 0.25) is 0 Å². The molecule has 3 fully saturated rings. The Kier molecular flexibility index (Phi) is 5.49. The largest absolute Gasteiger partial charge is 0.462 e. The molecule has 0 N–H and O–H groups in total. The van der Waals surface area contributed by atoms with Gasteiger partial charge in [-0.3, -0.25) is 9.59 Å². The Hall–Kier alpha value is -2.43. The van der Waals surface area contributed by atoms with Crippen molar-refractivity contribution in [3.05, 3.63) is 47.5 Å². The molecule has 0 aromatic heterocycles. The normalized spacial score (nSPS) is 39.5. The fourth-order valence-corrected chi connectivity index (χ4v) is 7.62. The second kappa shape index (κ2) is 8.11. The van der Waals surface area contributed by atoms with Crippen LogP contribution in [0.15, 0.2) is 42.0 Å². The summed E-state index contributed by atoms with van der Waals surface area (Å²) in [4.78, 5) is 37.7. The number of ether oxygens (including phenoxy) is 2. The number of esters is 2. The minimum atomic E-state index is -0.266. The maximum Gasteiger partial charge on any atom is 0.338 e. The molecule has 5 rings (SSSR count). The third-order valence-electron chi connectivity index (χ3n) is 9.41. The molecule has 7 atom stereocenters. The highest BCUT2D eigenvalue weighted by Gasteiger charge is 2.62. The lowest BCUT2D eigenvalue weighted by molar-refractivity contribution is -0.149. The van der Waals surface area contributed by atoms with Gasteiger partial charge in [0.1, 0.15) is 12.2 Å². The lowest BCUT2D eigenvalue weighted by Crippen LogP contribution is -2.54. The summed E-state index contributed by atoms with van der Waals surface area (Å²) in [6.45, 7) is 6.00. The topological polar surface area (TPSA) is 69.7 Å². The van der Waals surface area contributed by atoms with E-state index >= 15 is 0 Å². The molecule has 33 heavy (non-hydrogen) atoms. The molecule has 0 heterocycles. The predicted molar refractivity (Wildman–Crippen MR) is 123 cm³/mol. The van der Waals surface area contributed by atoms with Gasteiger partial charge < -0.3 is 9.47 Å². The fraction of sp³-hybridized carbons (Fsp3) is 0.607. The van der Waals surface area contributed by atoms with Gasteiger partial charge in [0.25, 0.3) is 0 Å². The molecule has 0 aliphatic heterocycles. The molecule has 176 valence electrons. The number of rotatable bonds is 3. The van der Waals surface area contributed by atoms with Gasteiger partial charge in [-0.05, 0) is 74.0 Å². The van der Waals surface area contributed by atoms with Crippen molar-refractivity contribution in [1.82, 2.24) is 0 Å². The van der Waals surface area contributed by atoms with Crippen molar-refractivity contribution in [2.24, 2.45) is 28.6 Å². The van der Waals surface area contributed by atoms with Crippen LogP contribution in [-0.4, -0.2) is 29.9 Å². The Labute approximate surface area is 195 Å². The van der Waals surface area contributed by atoms with E-state index in [0.717, 1.165) is 38.5 Å². The predicted octanol–water partition coefficient (Wildman–Crippen LogP) is 5.29. The Morgan fingerprint density at radius 3 is 2.42 bits per heavy atom. The van der Waals surface area contributed by atoms with E-state index in [2.05, 4.69) is 13.8 Å². The number of benzene rings is 1. The standard InChI is InChI=1S/C28H34O5/c1-17(29)32-20-11-13-27(2)19(15-20)16-23(30)25-21-9-10-24(28(21,3)14-12-22(25)27)33-26(31)18-7-5-4-6-8-18/h4-8,16,20-22,24-25H,9-15H2,1-3H3/t20?,21?,22?,24-,25?,27-,28-/m0/s1. The molecule has 4 unspecified atom stereocenters. The van der Waals surface area contributed by atoms with Gasteiger partial charge in [0.2, 0.25) is 0 Å². The number of hydrogen-bond acceptors (Lipinski definition) is 5. The molecule has 4 aliphatic rings. The van der Waals surface area contributed by atoms with E-state index in [1.54, 1.807) is 12.1 Å². The number of allylic oxidation sites excluding steroid dienone is 1. The van der Waals surface area contributed by atoms with Crippen molar-refractivity contribution < 1.29 is 23.9 Å². The molecule has 0 bridgehead atoms. The Morgan fingerprint density at radius 1 is 0.939 bits per heavy atom. The van der Waals surface area contributed by atoms with Gasteiger partial charge in [0, 0.05) is 24.7 Å².